The fourth-order valence-corrected chi connectivity index (χ4v) is 2.72. The van der Waals surface area contributed by atoms with E-state index in [0.29, 0.717) is 18.8 Å². The highest BCUT2D eigenvalue weighted by Gasteiger charge is 2.21. The molecule has 0 aliphatic carbocycles. The molecule has 1 saturated heterocycles. The van der Waals surface area contributed by atoms with Crippen LogP contribution >= 0.6 is 0 Å². The molecule has 20 heavy (non-hydrogen) atoms. The molecule has 7 nitrogen and oxygen atoms in total. The molecule has 1 aromatic rings. The Morgan fingerprint density at radius 1 is 1.40 bits per heavy atom. The van der Waals surface area contributed by atoms with Gasteiger partial charge < -0.3 is 9.73 Å². The predicted molar refractivity (Wildman–Crippen MR) is 72.4 cm³/mol. The highest BCUT2D eigenvalue weighted by molar-refractivity contribution is 7.89. The smallest absolute Gasteiger partial charge is 0.273 e. The fraction of sp³-hybridized carbons (Fsp3) is 0.583. The maximum atomic E-state index is 11.7. The van der Waals surface area contributed by atoms with Crippen molar-refractivity contribution in [2.45, 2.75) is 36.9 Å². The number of hydrogen-bond acceptors (Lipinski definition) is 5. The molecule has 1 aliphatic rings. The van der Waals surface area contributed by atoms with Gasteiger partial charge in [-0.15, -0.1) is 0 Å². The molecule has 112 valence electrons. The summed E-state index contributed by atoms with van der Waals surface area (Å²) in [7, 11) is -2.24. The number of hydrogen-bond donors (Lipinski definition) is 3. The SMILES string of the molecule is CNS(=O)(=O)c1ccc(CNC2CCCCNC2=O)o1. The summed E-state index contributed by atoms with van der Waals surface area (Å²) in [6.07, 6.45) is 2.73. The molecule has 1 aromatic heterocycles. The second-order valence-electron chi connectivity index (χ2n) is 4.65. The minimum absolute atomic E-state index is 0.0166. The van der Waals surface area contributed by atoms with Crippen LogP contribution in [0.25, 0.3) is 0 Å². The Morgan fingerprint density at radius 3 is 2.95 bits per heavy atom. The molecular weight excluding hydrogens is 282 g/mol. The Kier molecular flexibility index (Phi) is 4.79. The standard InChI is InChI=1S/C12H19N3O4S/c1-13-20(17,18)11-6-5-9(19-11)8-15-10-4-2-3-7-14-12(10)16/h5-6,10,13,15H,2-4,7-8H2,1H3,(H,14,16). The zero-order chi connectivity index (χ0) is 14.6. The molecule has 0 saturated carbocycles. The highest BCUT2D eigenvalue weighted by atomic mass is 32.2. The molecule has 8 heteroatoms. The Bertz CT molecular complexity index is 567. The molecule has 3 N–H and O–H groups in total. The van der Waals surface area contributed by atoms with Crippen LogP contribution in [0.3, 0.4) is 0 Å². The van der Waals surface area contributed by atoms with Gasteiger partial charge in [-0.3, -0.25) is 10.1 Å². The number of carbonyl (C=O) groups excluding carboxylic acids is 1. The van der Waals surface area contributed by atoms with E-state index in [9.17, 15) is 13.2 Å². The van der Waals surface area contributed by atoms with Crippen molar-refractivity contribution in [1.82, 2.24) is 15.4 Å². The zero-order valence-electron chi connectivity index (χ0n) is 11.3. The Morgan fingerprint density at radius 2 is 2.20 bits per heavy atom. The zero-order valence-corrected chi connectivity index (χ0v) is 12.1. The van der Waals surface area contributed by atoms with E-state index in [1.54, 1.807) is 6.07 Å². The average Bonchev–Trinajstić information content (AvgIpc) is 2.82. The minimum Gasteiger partial charge on any atom is -0.447 e. The van der Waals surface area contributed by atoms with Gasteiger partial charge >= 0.3 is 0 Å². The van der Waals surface area contributed by atoms with Gasteiger partial charge in [0.05, 0.1) is 12.6 Å². The molecule has 1 fully saturated rings. The Balaban J connectivity index is 1.96. The van der Waals surface area contributed by atoms with Gasteiger partial charge in [-0.1, -0.05) is 0 Å². The Labute approximate surface area is 118 Å². The first-order valence-electron chi connectivity index (χ1n) is 6.56. The van der Waals surface area contributed by atoms with E-state index < -0.39 is 10.0 Å². The number of amides is 1. The summed E-state index contributed by atoms with van der Waals surface area (Å²) >= 11 is 0. The second-order valence-corrected chi connectivity index (χ2v) is 6.47. The van der Waals surface area contributed by atoms with E-state index in [0.717, 1.165) is 19.3 Å². The minimum atomic E-state index is -3.56. The lowest BCUT2D eigenvalue weighted by atomic mass is 10.1. The Hall–Kier alpha value is -1.38. The summed E-state index contributed by atoms with van der Waals surface area (Å²) in [4.78, 5) is 11.7. The molecule has 0 aromatic carbocycles. The van der Waals surface area contributed by atoms with Crippen LogP contribution in [0.15, 0.2) is 21.6 Å². The number of sulfonamides is 1. The molecule has 1 atom stereocenters. The third kappa shape index (κ3) is 3.59. The van der Waals surface area contributed by atoms with Crippen LogP contribution in [-0.2, 0) is 21.4 Å². The van der Waals surface area contributed by atoms with Crippen molar-refractivity contribution in [2.75, 3.05) is 13.6 Å². The highest BCUT2D eigenvalue weighted by Crippen LogP contribution is 2.14. The quantitative estimate of drug-likeness (QED) is 0.708. The van der Waals surface area contributed by atoms with E-state index in [1.165, 1.54) is 13.1 Å². The molecule has 1 unspecified atom stereocenters. The van der Waals surface area contributed by atoms with Crippen LogP contribution < -0.4 is 15.4 Å². The third-order valence-corrected chi connectivity index (χ3v) is 4.52. The molecule has 0 radical (unpaired) electrons. The monoisotopic (exact) mass is 301 g/mol. The third-order valence-electron chi connectivity index (χ3n) is 3.23. The number of furan rings is 1. The van der Waals surface area contributed by atoms with Crippen LogP contribution in [0.2, 0.25) is 0 Å². The van der Waals surface area contributed by atoms with Crippen molar-refractivity contribution in [3.05, 3.63) is 17.9 Å². The van der Waals surface area contributed by atoms with Gasteiger partial charge in [-0.2, -0.15) is 0 Å². The van der Waals surface area contributed by atoms with Gasteiger partial charge in [-0.25, -0.2) is 13.1 Å². The van der Waals surface area contributed by atoms with Gasteiger partial charge in [0, 0.05) is 6.54 Å². The van der Waals surface area contributed by atoms with Gasteiger partial charge in [0.25, 0.3) is 10.0 Å². The van der Waals surface area contributed by atoms with Crippen molar-refractivity contribution in [3.8, 4) is 0 Å². The van der Waals surface area contributed by atoms with Crippen LogP contribution in [-0.4, -0.2) is 34.0 Å². The predicted octanol–water partition coefficient (Wildman–Crippen LogP) is -0.0540. The van der Waals surface area contributed by atoms with E-state index in [2.05, 4.69) is 15.4 Å². The number of carbonyl (C=O) groups is 1. The molecule has 2 rings (SSSR count). The first-order valence-corrected chi connectivity index (χ1v) is 8.04. The summed E-state index contributed by atoms with van der Waals surface area (Å²) in [6, 6.07) is 2.73. The topological polar surface area (TPSA) is 100 Å². The van der Waals surface area contributed by atoms with E-state index in [4.69, 9.17) is 4.42 Å². The van der Waals surface area contributed by atoms with E-state index in [-0.39, 0.29) is 17.0 Å². The summed E-state index contributed by atoms with van der Waals surface area (Å²) in [5.41, 5.74) is 0. The first kappa shape index (κ1) is 15.0. The van der Waals surface area contributed by atoms with Gasteiger partial charge in [0.1, 0.15) is 5.76 Å². The van der Waals surface area contributed by atoms with E-state index >= 15 is 0 Å². The summed E-state index contributed by atoms with van der Waals surface area (Å²) in [6.45, 7) is 1.03. The number of nitrogens with one attached hydrogen (secondary N) is 3. The summed E-state index contributed by atoms with van der Waals surface area (Å²) < 4.78 is 30.5. The van der Waals surface area contributed by atoms with Gasteiger partial charge in [-0.05, 0) is 38.4 Å². The van der Waals surface area contributed by atoms with Crippen LogP contribution in [0.4, 0.5) is 0 Å². The number of rotatable bonds is 5. The molecule has 2 heterocycles. The normalized spacial score (nSPS) is 20.4. The van der Waals surface area contributed by atoms with Gasteiger partial charge in [0.2, 0.25) is 11.0 Å². The van der Waals surface area contributed by atoms with Gasteiger partial charge in [0.15, 0.2) is 0 Å². The van der Waals surface area contributed by atoms with Crippen molar-refractivity contribution >= 4 is 15.9 Å². The maximum absolute atomic E-state index is 11.7. The van der Waals surface area contributed by atoms with Crippen LogP contribution in [0.5, 0.6) is 0 Å². The van der Waals surface area contributed by atoms with Crippen molar-refractivity contribution in [2.24, 2.45) is 0 Å². The fourth-order valence-electron chi connectivity index (χ4n) is 2.06. The lowest BCUT2D eigenvalue weighted by Crippen LogP contribution is -2.42. The lowest BCUT2D eigenvalue weighted by molar-refractivity contribution is -0.122. The molecular formula is C12H19N3O4S. The first-order chi connectivity index (χ1) is 9.53. The molecule has 1 amide bonds. The molecule has 0 bridgehead atoms. The van der Waals surface area contributed by atoms with E-state index in [1.807, 2.05) is 0 Å². The summed E-state index contributed by atoms with van der Waals surface area (Å²) in [5, 5.41) is 5.80. The molecule has 1 aliphatic heterocycles. The lowest BCUT2D eigenvalue weighted by Gasteiger charge is -2.13. The second kappa shape index (κ2) is 6.38. The van der Waals surface area contributed by atoms with Crippen LogP contribution in [0.1, 0.15) is 25.0 Å². The van der Waals surface area contributed by atoms with Crippen molar-refractivity contribution < 1.29 is 17.6 Å². The largest absolute Gasteiger partial charge is 0.447 e. The summed E-state index contributed by atoms with van der Waals surface area (Å²) in [5.74, 6) is 0.466. The molecule has 0 spiro atoms. The maximum Gasteiger partial charge on any atom is 0.273 e. The van der Waals surface area contributed by atoms with Crippen LogP contribution in [0, 0.1) is 0 Å². The van der Waals surface area contributed by atoms with Crippen molar-refractivity contribution in [3.63, 3.8) is 0 Å². The average molecular weight is 301 g/mol. The van der Waals surface area contributed by atoms with Crippen molar-refractivity contribution in [1.29, 1.82) is 0 Å².